The molecular formula is C44H82N2O3. The summed E-state index contributed by atoms with van der Waals surface area (Å²) in [7, 11) is 4.47. The Morgan fingerprint density at radius 3 is 1.10 bits per heavy atom. The van der Waals surface area contributed by atoms with Crippen molar-refractivity contribution in [3.05, 3.63) is 24.3 Å². The summed E-state index contributed by atoms with van der Waals surface area (Å²) >= 11 is 0. The summed E-state index contributed by atoms with van der Waals surface area (Å²) in [5.41, 5.74) is 0. The Labute approximate surface area is 305 Å². The highest BCUT2D eigenvalue weighted by Gasteiger charge is 2.22. The smallest absolute Gasteiger partial charge is 0.163 e. The number of hydrogen-bond donors (Lipinski definition) is 0. The molecule has 0 aromatic heterocycles. The molecule has 0 fully saturated rings. The normalized spacial score (nSPS) is 17.6. The number of para-hydroxylation sites is 2. The van der Waals surface area contributed by atoms with E-state index in [0.29, 0.717) is 0 Å². The largest absolute Gasteiger partial charge is 0.471 e. The van der Waals surface area contributed by atoms with Gasteiger partial charge in [-0.3, -0.25) is 9.80 Å². The monoisotopic (exact) mass is 687 g/mol. The third-order valence-electron chi connectivity index (χ3n) is 10.6. The highest BCUT2D eigenvalue weighted by molar-refractivity contribution is 5.39. The van der Waals surface area contributed by atoms with E-state index >= 15 is 0 Å². The van der Waals surface area contributed by atoms with Crippen molar-refractivity contribution in [1.82, 2.24) is 9.80 Å². The van der Waals surface area contributed by atoms with Gasteiger partial charge in [-0.05, 0) is 51.9 Å². The third kappa shape index (κ3) is 23.0. The summed E-state index contributed by atoms with van der Waals surface area (Å²) in [5, 5.41) is 0. The van der Waals surface area contributed by atoms with Gasteiger partial charge in [0.05, 0.1) is 0 Å². The zero-order chi connectivity index (χ0) is 35.0. The van der Waals surface area contributed by atoms with Crippen molar-refractivity contribution in [2.75, 3.05) is 40.4 Å². The third-order valence-corrected chi connectivity index (χ3v) is 10.6. The lowest BCUT2D eigenvalue weighted by Crippen LogP contribution is -2.38. The molecule has 0 amide bonds. The maximum atomic E-state index is 6.76. The van der Waals surface area contributed by atoms with Crippen molar-refractivity contribution in [1.29, 1.82) is 0 Å². The van der Waals surface area contributed by atoms with E-state index in [0.717, 1.165) is 63.5 Å². The number of fused-ring (bicyclic) bond motifs is 1. The summed E-state index contributed by atoms with van der Waals surface area (Å²) in [6, 6.07) is 8.35. The second-order valence-corrected chi connectivity index (χ2v) is 15.2. The lowest BCUT2D eigenvalue weighted by Gasteiger charge is -2.31. The molecule has 0 bridgehead atoms. The number of unbranched alkanes of at least 4 members (excludes halogenated alkanes) is 22. The lowest BCUT2D eigenvalue weighted by molar-refractivity contribution is 0.0154. The molecule has 0 N–H and O–H groups in total. The molecule has 0 saturated heterocycles. The van der Waals surface area contributed by atoms with Gasteiger partial charge < -0.3 is 14.2 Å². The minimum Gasteiger partial charge on any atom is -0.471 e. The van der Waals surface area contributed by atoms with Gasteiger partial charge in [0.15, 0.2) is 24.0 Å². The average Bonchev–Trinajstić information content (AvgIpc) is 3.13. The van der Waals surface area contributed by atoms with E-state index in [1.165, 1.54) is 154 Å². The van der Waals surface area contributed by atoms with E-state index in [9.17, 15) is 0 Å². The van der Waals surface area contributed by atoms with Gasteiger partial charge in [0.1, 0.15) is 0 Å². The standard InChI is InChI=1S/C44H82N2O3/c1-5-7-9-11-13-15-17-19-21-23-25-29-37-45(3)43-35-31-39-47-40-32-36-44(49-42-34-28-27-33-41(42)48-43)46(4)38-30-26-24-22-20-18-16-14-12-10-8-6-2/h27-28,33-34,43-44H,5-26,29-32,35-40H2,1-4H3. The molecule has 2 unspecified atom stereocenters. The van der Waals surface area contributed by atoms with Crippen LogP contribution in [0.3, 0.4) is 0 Å². The topological polar surface area (TPSA) is 34.2 Å². The zero-order valence-electron chi connectivity index (χ0n) is 33.2. The Kier molecular flexibility index (Phi) is 28.1. The molecule has 49 heavy (non-hydrogen) atoms. The van der Waals surface area contributed by atoms with Gasteiger partial charge in [0.25, 0.3) is 0 Å². The Bertz CT molecular complexity index is 784. The van der Waals surface area contributed by atoms with Gasteiger partial charge in [0.2, 0.25) is 0 Å². The number of nitrogens with zero attached hydrogens (tertiary/aromatic N) is 2. The van der Waals surface area contributed by atoms with Gasteiger partial charge in [0, 0.05) is 39.1 Å². The molecule has 1 aromatic rings. The van der Waals surface area contributed by atoms with Crippen molar-refractivity contribution in [2.24, 2.45) is 0 Å². The molecule has 0 saturated carbocycles. The van der Waals surface area contributed by atoms with E-state index in [1.807, 2.05) is 0 Å². The van der Waals surface area contributed by atoms with E-state index in [2.05, 4.69) is 62.0 Å². The first-order chi connectivity index (χ1) is 24.2. The van der Waals surface area contributed by atoms with Crippen LogP contribution in [0.4, 0.5) is 0 Å². The molecular weight excluding hydrogens is 604 g/mol. The fourth-order valence-electron chi connectivity index (χ4n) is 7.19. The predicted octanol–water partition coefficient (Wildman–Crippen LogP) is 13.0. The fraction of sp³-hybridized carbons (Fsp3) is 0.864. The summed E-state index contributed by atoms with van der Waals surface area (Å²) in [5.74, 6) is 1.75. The van der Waals surface area contributed by atoms with Gasteiger partial charge in [-0.15, -0.1) is 0 Å². The molecule has 5 heteroatoms. The van der Waals surface area contributed by atoms with E-state index < -0.39 is 0 Å². The highest BCUT2D eigenvalue weighted by Crippen LogP contribution is 2.31. The van der Waals surface area contributed by atoms with Crippen molar-refractivity contribution in [3.8, 4) is 11.5 Å². The maximum Gasteiger partial charge on any atom is 0.163 e. The van der Waals surface area contributed by atoms with Crippen LogP contribution < -0.4 is 9.47 Å². The molecule has 1 aliphatic heterocycles. The molecule has 1 aliphatic rings. The molecule has 5 nitrogen and oxygen atoms in total. The summed E-state index contributed by atoms with van der Waals surface area (Å²) in [6.45, 7) is 8.33. The van der Waals surface area contributed by atoms with Crippen LogP contribution in [-0.2, 0) is 4.74 Å². The number of rotatable bonds is 28. The van der Waals surface area contributed by atoms with E-state index in [1.54, 1.807) is 0 Å². The van der Waals surface area contributed by atoms with Crippen molar-refractivity contribution >= 4 is 0 Å². The molecule has 2 rings (SSSR count). The summed E-state index contributed by atoms with van der Waals surface area (Å²) < 4.78 is 19.6. The number of ether oxygens (including phenoxy) is 3. The molecule has 0 aliphatic carbocycles. The summed E-state index contributed by atoms with van der Waals surface area (Å²) in [4.78, 5) is 4.84. The van der Waals surface area contributed by atoms with Crippen LogP contribution >= 0.6 is 0 Å². The predicted molar refractivity (Wildman–Crippen MR) is 212 cm³/mol. The molecule has 1 heterocycles. The molecule has 0 radical (unpaired) electrons. The molecule has 0 spiro atoms. The first kappa shape index (κ1) is 43.9. The zero-order valence-corrected chi connectivity index (χ0v) is 33.2. The molecule has 1 aromatic carbocycles. The first-order valence-electron chi connectivity index (χ1n) is 21.6. The van der Waals surface area contributed by atoms with Crippen LogP contribution in [0.25, 0.3) is 0 Å². The second-order valence-electron chi connectivity index (χ2n) is 15.2. The summed E-state index contributed by atoms with van der Waals surface area (Å²) in [6.07, 6.45) is 37.2. The van der Waals surface area contributed by atoms with Gasteiger partial charge in [-0.1, -0.05) is 167 Å². The molecule has 286 valence electrons. The maximum absolute atomic E-state index is 6.76. The van der Waals surface area contributed by atoms with E-state index in [-0.39, 0.29) is 12.5 Å². The van der Waals surface area contributed by atoms with Crippen LogP contribution in [0.5, 0.6) is 11.5 Å². The second kappa shape index (κ2) is 31.4. The van der Waals surface area contributed by atoms with E-state index in [4.69, 9.17) is 14.2 Å². The van der Waals surface area contributed by atoms with Crippen molar-refractivity contribution in [3.63, 3.8) is 0 Å². The Morgan fingerprint density at radius 2 is 0.776 bits per heavy atom. The minimum atomic E-state index is 0.0269. The first-order valence-corrected chi connectivity index (χ1v) is 21.6. The van der Waals surface area contributed by atoms with Crippen LogP contribution in [0.2, 0.25) is 0 Å². The van der Waals surface area contributed by atoms with Crippen molar-refractivity contribution < 1.29 is 14.2 Å². The fourth-order valence-corrected chi connectivity index (χ4v) is 7.19. The molecule has 2 atom stereocenters. The van der Waals surface area contributed by atoms with Crippen LogP contribution in [0, 0.1) is 0 Å². The Balaban J connectivity index is 1.75. The minimum absolute atomic E-state index is 0.0269. The van der Waals surface area contributed by atoms with Gasteiger partial charge in [-0.25, -0.2) is 0 Å². The quantitative estimate of drug-likeness (QED) is 0.0820. The van der Waals surface area contributed by atoms with Gasteiger partial charge in [-0.2, -0.15) is 0 Å². The van der Waals surface area contributed by atoms with Crippen molar-refractivity contribution in [2.45, 2.75) is 206 Å². The lowest BCUT2D eigenvalue weighted by atomic mass is 10.1. The van der Waals surface area contributed by atoms with Gasteiger partial charge >= 0.3 is 0 Å². The highest BCUT2D eigenvalue weighted by atomic mass is 16.5. The SMILES string of the molecule is CCCCCCCCCCCCCCN(C)C1CCCOCCCC(N(C)CCCCCCCCCCCCCC)Oc2ccccc2O1. The average molecular weight is 687 g/mol. The van der Waals surface area contributed by atoms with Crippen LogP contribution in [0.15, 0.2) is 24.3 Å². The Morgan fingerprint density at radius 1 is 0.469 bits per heavy atom. The Hall–Kier alpha value is -1.30. The van der Waals surface area contributed by atoms with Crippen LogP contribution in [0.1, 0.15) is 194 Å². The van der Waals surface area contributed by atoms with Crippen LogP contribution in [-0.4, -0.2) is 62.7 Å². The number of hydrogen-bond acceptors (Lipinski definition) is 5. The number of benzene rings is 1.